The van der Waals surface area contributed by atoms with Crippen LogP contribution in [0.2, 0.25) is 0 Å². The molecule has 98 valence electrons. The summed E-state index contributed by atoms with van der Waals surface area (Å²) in [6.45, 7) is 7.88. The van der Waals surface area contributed by atoms with E-state index in [4.69, 9.17) is 5.26 Å². The summed E-state index contributed by atoms with van der Waals surface area (Å²) >= 11 is 0. The first-order valence-electron chi connectivity index (χ1n) is 7.17. The molecule has 1 saturated carbocycles. The third kappa shape index (κ3) is 5.55. The molecule has 1 N–H and O–H groups in total. The highest BCUT2D eigenvalue weighted by atomic mass is 14.9. The summed E-state index contributed by atoms with van der Waals surface area (Å²) in [5, 5.41) is 12.3. The zero-order valence-electron chi connectivity index (χ0n) is 11.8. The molecule has 2 nitrogen and oxygen atoms in total. The van der Waals surface area contributed by atoms with Gasteiger partial charge in [0.15, 0.2) is 0 Å². The van der Waals surface area contributed by atoms with Gasteiger partial charge in [-0.05, 0) is 43.4 Å². The van der Waals surface area contributed by atoms with E-state index >= 15 is 0 Å². The standard InChI is InChI=1S/C15H28N2/c1-4-13-6-8-14(9-7-13)17-12-15(2,3)10-5-11-16/h13-14,17H,4-10,12H2,1-3H3. The molecule has 0 amide bonds. The number of nitriles is 1. The molecule has 0 atom stereocenters. The number of nitrogens with zero attached hydrogens (tertiary/aromatic N) is 1. The summed E-state index contributed by atoms with van der Waals surface area (Å²) in [6.07, 6.45) is 8.50. The fraction of sp³-hybridized carbons (Fsp3) is 0.933. The minimum absolute atomic E-state index is 0.261. The van der Waals surface area contributed by atoms with Gasteiger partial charge < -0.3 is 5.32 Å². The van der Waals surface area contributed by atoms with Crippen molar-refractivity contribution in [2.24, 2.45) is 11.3 Å². The molecule has 1 aliphatic rings. The Balaban J connectivity index is 2.20. The maximum atomic E-state index is 8.63. The van der Waals surface area contributed by atoms with Crippen molar-refractivity contribution in [2.45, 2.75) is 71.8 Å². The number of hydrogen-bond donors (Lipinski definition) is 1. The topological polar surface area (TPSA) is 35.8 Å². The van der Waals surface area contributed by atoms with E-state index in [-0.39, 0.29) is 5.41 Å². The molecule has 0 bridgehead atoms. The van der Waals surface area contributed by atoms with Gasteiger partial charge in [0, 0.05) is 19.0 Å². The fourth-order valence-corrected chi connectivity index (χ4v) is 2.68. The molecule has 1 aliphatic carbocycles. The third-order valence-electron chi connectivity index (χ3n) is 4.21. The Morgan fingerprint density at radius 3 is 2.41 bits per heavy atom. The average molecular weight is 236 g/mol. The van der Waals surface area contributed by atoms with E-state index in [1.165, 1.54) is 32.1 Å². The lowest BCUT2D eigenvalue weighted by atomic mass is 9.83. The van der Waals surface area contributed by atoms with Crippen molar-refractivity contribution in [2.75, 3.05) is 6.54 Å². The molecular formula is C15H28N2. The molecule has 0 saturated heterocycles. The number of hydrogen-bond acceptors (Lipinski definition) is 2. The van der Waals surface area contributed by atoms with Gasteiger partial charge in [0.25, 0.3) is 0 Å². The summed E-state index contributed by atoms with van der Waals surface area (Å²) in [4.78, 5) is 0. The van der Waals surface area contributed by atoms with E-state index in [0.29, 0.717) is 6.42 Å². The first-order valence-corrected chi connectivity index (χ1v) is 7.17. The molecule has 0 radical (unpaired) electrons. The van der Waals surface area contributed by atoms with Crippen LogP contribution in [-0.4, -0.2) is 12.6 Å². The van der Waals surface area contributed by atoms with Gasteiger partial charge in [0.2, 0.25) is 0 Å². The summed E-state index contributed by atoms with van der Waals surface area (Å²) in [5.74, 6) is 0.972. The van der Waals surface area contributed by atoms with E-state index in [0.717, 1.165) is 24.9 Å². The predicted molar refractivity (Wildman–Crippen MR) is 72.7 cm³/mol. The van der Waals surface area contributed by atoms with Crippen molar-refractivity contribution in [3.8, 4) is 6.07 Å². The van der Waals surface area contributed by atoms with Gasteiger partial charge in [-0.2, -0.15) is 5.26 Å². The Morgan fingerprint density at radius 2 is 1.88 bits per heavy atom. The molecular weight excluding hydrogens is 208 g/mol. The van der Waals surface area contributed by atoms with Crippen molar-refractivity contribution in [3.05, 3.63) is 0 Å². The van der Waals surface area contributed by atoms with Crippen LogP contribution in [0.5, 0.6) is 0 Å². The summed E-state index contributed by atoms with van der Waals surface area (Å²) in [6, 6.07) is 2.97. The van der Waals surface area contributed by atoms with Crippen molar-refractivity contribution in [1.29, 1.82) is 5.26 Å². The Kier molecular flexibility index (Phi) is 5.98. The van der Waals surface area contributed by atoms with E-state index < -0.39 is 0 Å². The second-order valence-electron chi connectivity index (χ2n) is 6.33. The summed E-state index contributed by atoms with van der Waals surface area (Å²) < 4.78 is 0. The minimum atomic E-state index is 0.261. The van der Waals surface area contributed by atoms with Crippen molar-refractivity contribution < 1.29 is 0 Å². The van der Waals surface area contributed by atoms with Crippen LogP contribution in [0.25, 0.3) is 0 Å². The Morgan fingerprint density at radius 1 is 1.24 bits per heavy atom. The molecule has 0 aromatic carbocycles. The zero-order valence-corrected chi connectivity index (χ0v) is 11.8. The number of rotatable bonds is 6. The molecule has 0 spiro atoms. The van der Waals surface area contributed by atoms with Crippen LogP contribution in [0, 0.1) is 22.7 Å². The molecule has 0 aromatic rings. The van der Waals surface area contributed by atoms with Gasteiger partial charge in [-0.25, -0.2) is 0 Å². The van der Waals surface area contributed by atoms with Gasteiger partial charge in [-0.15, -0.1) is 0 Å². The lowest BCUT2D eigenvalue weighted by molar-refractivity contribution is 0.245. The van der Waals surface area contributed by atoms with Crippen molar-refractivity contribution in [3.63, 3.8) is 0 Å². The SMILES string of the molecule is CCC1CCC(NCC(C)(C)CCC#N)CC1. The van der Waals surface area contributed by atoms with E-state index in [2.05, 4.69) is 32.2 Å². The molecule has 2 heteroatoms. The lowest BCUT2D eigenvalue weighted by Gasteiger charge is -2.32. The third-order valence-corrected chi connectivity index (χ3v) is 4.21. The smallest absolute Gasteiger partial charge is 0.0621 e. The first kappa shape index (κ1) is 14.5. The molecule has 0 aliphatic heterocycles. The highest BCUT2D eigenvalue weighted by Gasteiger charge is 2.23. The largest absolute Gasteiger partial charge is 0.313 e. The first-order chi connectivity index (χ1) is 8.07. The zero-order chi connectivity index (χ0) is 12.7. The Bertz CT molecular complexity index is 244. The van der Waals surface area contributed by atoms with Gasteiger partial charge >= 0.3 is 0 Å². The van der Waals surface area contributed by atoms with Gasteiger partial charge in [-0.1, -0.05) is 27.2 Å². The van der Waals surface area contributed by atoms with Gasteiger partial charge in [0.1, 0.15) is 0 Å². The maximum Gasteiger partial charge on any atom is 0.0621 e. The van der Waals surface area contributed by atoms with Crippen molar-refractivity contribution in [1.82, 2.24) is 5.32 Å². The summed E-state index contributed by atoms with van der Waals surface area (Å²) in [7, 11) is 0. The highest BCUT2D eigenvalue weighted by molar-refractivity contribution is 4.82. The monoisotopic (exact) mass is 236 g/mol. The number of nitrogens with one attached hydrogen (secondary N) is 1. The second-order valence-corrected chi connectivity index (χ2v) is 6.33. The lowest BCUT2D eigenvalue weighted by Crippen LogP contribution is -2.39. The molecule has 0 unspecified atom stereocenters. The fourth-order valence-electron chi connectivity index (χ4n) is 2.68. The van der Waals surface area contributed by atoms with Crippen LogP contribution in [0.15, 0.2) is 0 Å². The predicted octanol–water partition coefficient (Wildman–Crippen LogP) is 3.87. The average Bonchev–Trinajstić information content (AvgIpc) is 2.35. The van der Waals surface area contributed by atoms with Crippen LogP contribution < -0.4 is 5.32 Å². The molecule has 0 heterocycles. The van der Waals surface area contributed by atoms with Crippen LogP contribution in [-0.2, 0) is 0 Å². The maximum absolute atomic E-state index is 8.63. The van der Waals surface area contributed by atoms with Gasteiger partial charge in [0.05, 0.1) is 6.07 Å². The second kappa shape index (κ2) is 7.01. The van der Waals surface area contributed by atoms with Crippen molar-refractivity contribution >= 4 is 0 Å². The van der Waals surface area contributed by atoms with Crippen LogP contribution in [0.1, 0.15) is 65.7 Å². The normalized spacial score (nSPS) is 25.5. The minimum Gasteiger partial charge on any atom is -0.313 e. The molecule has 17 heavy (non-hydrogen) atoms. The van der Waals surface area contributed by atoms with Crippen LogP contribution >= 0.6 is 0 Å². The quantitative estimate of drug-likeness (QED) is 0.760. The Hall–Kier alpha value is -0.550. The van der Waals surface area contributed by atoms with E-state index in [9.17, 15) is 0 Å². The van der Waals surface area contributed by atoms with E-state index in [1.54, 1.807) is 0 Å². The summed E-state index contributed by atoms with van der Waals surface area (Å²) in [5.41, 5.74) is 0.261. The Labute approximate surface area is 107 Å². The molecule has 0 aromatic heterocycles. The van der Waals surface area contributed by atoms with Crippen LogP contribution in [0.4, 0.5) is 0 Å². The van der Waals surface area contributed by atoms with Crippen LogP contribution in [0.3, 0.4) is 0 Å². The molecule has 1 rings (SSSR count). The molecule has 1 fully saturated rings. The van der Waals surface area contributed by atoms with Gasteiger partial charge in [-0.3, -0.25) is 0 Å². The highest BCUT2D eigenvalue weighted by Crippen LogP contribution is 2.27. The van der Waals surface area contributed by atoms with E-state index in [1.807, 2.05) is 0 Å².